The molecule has 4 nitrogen and oxygen atoms in total. The molecular formula is C103H210F3NO3P2S. The minimum Gasteiger partial charge on any atom is -0.741 e. The highest BCUT2D eigenvalue weighted by molar-refractivity contribution is 7.86. The summed E-state index contributed by atoms with van der Waals surface area (Å²) in [7, 11) is -9.03. The number of halogens is 3. The van der Waals surface area contributed by atoms with E-state index < -0.39 is 29.7 Å². The van der Waals surface area contributed by atoms with Crippen molar-refractivity contribution in [2.45, 2.75) is 625 Å². The number of hydrogen-bond acceptors (Lipinski definition) is 3. The first-order valence-electron chi connectivity index (χ1n) is 52.8. The fourth-order valence-electron chi connectivity index (χ4n) is 18.0. The monoisotopic (exact) mass is 1660 g/mol. The molecule has 0 aromatic heterocycles. The van der Waals surface area contributed by atoms with Gasteiger partial charge >= 0.3 is 5.51 Å². The normalized spacial score (nSPS) is 12.2. The number of hydrogen-bond donors (Lipinski definition) is 0. The maximum Gasteiger partial charge on any atom is 0.485 e. The molecule has 10 heteroatoms. The quantitative estimate of drug-likeness (QED) is 0.0200. The molecule has 0 saturated heterocycles. The molecule has 0 aliphatic carbocycles. The lowest BCUT2D eigenvalue weighted by atomic mass is 10.0. The van der Waals surface area contributed by atoms with E-state index in [1.807, 2.05) is 0 Å². The van der Waals surface area contributed by atoms with Gasteiger partial charge in [-0.1, -0.05) is 581 Å². The number of alkyl halides is 3. The van der Waals surface area contributed by atoms with Gasteiger partial charge < -0.3 is 4.55 Å². The lowest BCUT2D eigenvalue weighted by Gasteiger charge is -2.20. The van der Waals surface area contributed by atoms with Gasteiger partial charge in [0.1, 0.15) is 0 Å². The van der Waals surface area contributed by atoms with Gasteiger partial charge in [-0.15, -0.1) is 0 Å². The van der Waals surface area contributed by atoms with Crippen LogP contribution in [0.1, 0.15) is 619 Å². The predicted octanol–water partition coefficient (Wildman–Crippen LogP) is 39.7. The fraction of sp³-hybridized carbons (Fsp3) is 1.00. The Morgan fingerprint density at radius 3 is 0.319 bits per heavy atom. The first-order valence-corrected chi connectivity index (χ1v) is 58.8. The van der Waals surface area contributed by atoms with Crippen molar-refractivity contribution < 1.29 is 26.1 Å². The molecule has 0 aliphatic heterocycles. The molecule has 0 bridgehead atoms. The van der Waals surface area contributed by atoms with Gasteiger partial charge in [-0.25, -0.2) is 8.42 Å². The van der Waals surface area contributed by atoms with E-state index in [1.165, 1.54) is 578 Å². The van der Waals surface area contributed by atoms with Crippen LogP contribution in [0.4, 0.5) is 13.2 Å². The van der Waals surface area contributed by atoms with E-state index in [-0.39, 0.29) is 0 Å². The third-order valence-corrected chi connectivity index (χ3v) is 36.2. The van der Waals surface area contributed by atoms with E-state index in [4.69, 9.17) is 17.1 Å². The zero-order valence-electron chi connectivity index (χ0n) is 78.5. The first kappa shape index (κ1) is 115. The second-order valence-electron chi connectivity index (χ2n) is 37.2. The molecular weight excluding hydrogens is 1450 g/mol. The van der Waals surface area contributed by atoms with Crippen LogP contribution in [0, 0.1) is 0 Å². The van der Waals surface area contributed by atoms with Crippen molar-refractivity contribution in [2.24, 2.45) is 0 Å². The topological polar surface area (TPSA) is 71.3 Å². The lowest BCUT2D eigenvalue weighted by Crippen LogP contribution is -2.21. The van der Waals surface area contributed by atoms with Crippen molar-refractivity contribution in [2.75, 3.05) is 37.0 Å². The summed E-state index contributed by atoms with van der Waals surface area (Å²) in [5.74, 6) is 0. The predicted molar refractivity (Wildman–Crippen MR) is 511 cm³/mol. The molecule has 0 aromatic carbocycles. The highest BCUT2D eigenvalue weighted by Gasteiger charge is 2.37. The Bertz CT molecular complexity index is 1730. The van der Waals surface area contributed by atoms with E-state index in [0.29, 0.717) is 0 Å². The third kappa shape index (κ3) is 89.8. The number of nitrogens with zero attached hydrogens (tertiary/aromatic N) is 1. The zero-order chi connectivity index (χ0) is 82.6. The Morgan fingerprint density at radius 1 is 0.177 bits per heavy atom. The largest absolute Gasteiger partial charge is 0.741 e. The van der Waals surface area contributed by atoms with Crippen LogP contribution in [0.15, 0.2) is 0 Å². The van der Waals surface area contributed by atoms with Crippen LogP contribution in [0.3, 0.4) is 0 Å². The van der Waals surface area contributed by atoms with Crippen molar-refractivity contribution in [3.8, 4) is 0 Å². The summed E-state index contributed by atoms with van der Waals surface area (Å²) in [4.78, 5) is 0. The van der Waals surface area contributed by atoms with Gasteiger partial charge in [-0.2, -0.15) is 17.3 Å². The Kier molecular flexibility index (Phi) is 96.5. The molecule has 0 fully saturated rings. The molecule has 0 N–H and O–H groups in total. The standard InChI is InChI=1S/C102H210NP2.CHF3O3S/c1-7-13-19-25-31-37-43-49-55-61-67-73-79-85-91-97-104(98-92-86-80-74-68-62-56-50-44-38-32-26-20-14-8-2,99-93-87-81-75-69-63-57-51-45-39-33-27-21-15-9-3)103-105(100-94-88-82-76-70-64-58-52-46-40-34-28-22-16-10-4,101-95-89-83-77-71-65-59-53-47-41-35-29-23-17-11-5)102-96-90-84-78-72-66-60-54-48-42-36-30-24-18-12-6;2-1(3,4)8(5,6)7/h7-102H2,1-6H3;(H,5,6,7)/q+1;/p-1. The maximum absolute atomic E-state index is 10.7. The molecule has 0 aromatic rings. The van der Waals surface area contributed by atoms with Crippen LogP contribution in [0.5, 0.6) is 0 Å². The van der Waals surface area contributed by atoms with Crippen molar-refractivity contribution in [1.29, 1.82) is 0 Å². The molecule has 0 saturated carbocycles. The van der Waals surface area contributed by atoms with Gasteiger partial charge in [0.05, 0.1) is 0 Å². The van der Waals surface area contributed by atoms with Crippen LogP contribution >= 0.6 is 14.1 Å². The summed E-state index contributed by atoms with van der Waals surface area (Å²) in [6.07, 6.45) is 142. The zero-order valence-corrected chi connectivity index (χ0v) is 81.1. The molecule has 0 radical (unpaired) electrons. The van der Waals surface area contributed by atoms with Gasteiger partial charge in [-0.05, 0) is 38.5 Å². The van der Waals surface area contributed by atoms with E-state index in [2.05, 4.69) is 41.5 Å². The highest BCUT2D eigenvalue weighted by atomic mass is 32.2. The second-order valence-corrected chi connectivity index (χ2v) is 46.4. The molecule has 0 spiro atoms. The third-order valence-electron chi connectivity index (χ3n) is 25.7. The van der Waals surface area contributed by atoms with Crippen LogP contribution < -0.4 is 4.17 Å². The first-order chi connectivity index (χ1) is 55.3. The molecule has 0 rings (SSSR count). The summed E-state index contributed by atoms with van der Waals surface area (Å²) in [5.41, 5.74) is -5.65. The van der Waals surface area contributed by atoms with Gasteiger partial charge in [0.2, 0.25) is 14.1 Å². The Morgan fingerprint density at radius 2 is 0.248 bits per heavy atom. The second kappa shape index (κ2) is 94.5. The molecule has 682 valence electrons. The summed E-state index contributed by atoms with van der Waals surface area (Å²) >= 11 is 0. The Labute approximate surface area is 712 Å². The Hall–Kier alpha value is 0.270. The van der Waals surface area contributed by atoms with Gasteiger partial charge in [-0.3, -0.25) is 0 Å². The summed E-state index contributed by atoms with van der Waals surface area (Å²) < 4.78 is 66.1. The SMILES string of the molecule is CCCCCCCCCCCCCCCCCP(CCCCCCCCCCCCCCCCC)(CCCCCCCCCCCCCCCCC)=[N+]=P(CCCCCCCCCCCCCCCCC)(CCCCCCCCCCCCCCCCC)CCCCCCCCCCCCCCCCC.O=S(=O)([O-])C(F)(F)F. The van der Waals surface area contributed by atoms with Crippen LogP contribution in [0.25, 0.3) is 0 Å². The molecule has 0 aliphatic rings. The molecule has 0 heterocycles. The molecule has 0 unspecified atom stereocenters. The van der Waals surface area contributed by atoms with E-state index in [0.717, 1.165) is 0 Å². The van der Waals surface area contributed by atoms with Crippen LogP contribution in [-0.2, 0) is 10.1 Å². The van der Waals surface area contributed by atoms with Gasteiger partial charge in [0, 0.05) is 37.0 Å². The summed E-state index contributed by atoms with van der Waals surface area (Å²) in [6.45, 7) is 14.1. The fourth-order valence-corrected chi connectivity index (χ4v) is 29.6. The van der Waals surface area contributed by atoms with Gasteiger partial charge in [0.25, 0.3) is 0 Å². The molecule has 113 heavy (non-hydrogen) atoms. The number of unbranched alkanes of at least 4 members (excludes halogenated alkanes) is 84. The highest BCUT2D eigenvalue weighted by Crippen LogP contribution is 2.56. The van der Waals surface area contributed by atoms with Crippen molar-refractivity contribution in [3.63, 3.8) is 0 Å². The lowest BCUT2D eigenvalue weighted by molar-refractivity contribution is -0.0518. The number of rotatable bonds is 96. The van der Waals surface area contributed by atoms with Crippen molar-refractivity contribution in [1.82, 2.24) is 4.17 Å². The van der Waals surface area contributed by atoms with Gasteiger partial charge in [0.15, 0.2) is 10.1 Å². The minimum absolute atomic E-state index is 1.37. The Balaban J connectivity index is 0. The van der Waals surface area contributed by atoms with E-state index in [9.17, 15) is 13.2 Å². The summed E-state index contributed by atoms with van der Waals surface area (Å²) in [6, 6.07) is 0. The van der Waals surface area contributed by atoms with Crippen molar-refractivity contribution in [3.05, 3.63) is 0 Å². The minimum atomic E-state index is -6.09. The molecule has 0 atom stereocenters. The molecule has 0 amide bonds. The van der Waals surface area contributed by atoms with Crippen LogP contribution in [-0.4, -0.2) is 55.5 Å². The smallest absolute Gasteiger partial charge is 0.485 e. The average Bonchev–Trinajstić information content (AvgIpc) is 0.809. The maximum atomic E-state index is 10.7. The van der Waals surface area contributed by atoms with Crippen molar-refractivity contribution >= 4 is 24.2 Å². The summed E-state index contributed by atoms with van der Waals surface area (Å²) in [5, 5.41) is 0. The van der Waals surface area contributed by atoms with E-state index >= 15 is 0 Å². The van der Waals surface area contributed by atoms with Crippen LogP contribution in [0.2, 0.25) is 0 Å². The van der Waals surface area contributed by atoms with E-state index in [1.54, 1.807) is 37.0 Å². The average molecular weight is 1660 g/mol.